The third-order valence-corrected chi connectivity index (χ3v) is 4.98. The lowest BCUT2D eigenvalue weighted by Gasteiger charge is -2.26. The van der Waals surface area contributed by atoms with Crippen molar-refractivity contribution >= 4 is 0 Å². The average molecular weight is 355 g/mol. The summed E-state index contributed by atoms with van der Waals surface area (Å²) in [4.78, 5) is 15.0. The number of hydrogen-bond donors (Lipinski definition) is 2. The van der Waals surface area contributed by atoms with Crippen molar-refractivity contribution in [2.45, 2.75) is 46.2 Å². The zero-order valence-electron chi connectivity index (χ0n) is 15.3. The number of H-pyrrole nitrogens is 1. The Morgan fingerprint density at radius 1 is 1.23 bits per heavy atom. The maximum absolute atomic E-state index is 14.1. The lowest BCUT2D eigenvalue weighted by atomic mass is 9.97. The van der Waals surface area contributed by atoms with E-state index in [4.69, 9.17) is 5.10 Å². The van der Waals surface area contributed by atoms with Gasteiger partial charge in [0.05, 0.1) is 11.4 Å². The van der Waals surface area contributed by atoms with E-state index in [1.54, 1.807) is 47.6 Å². The van der Waals surface area contributed by atoms with Gasteiger partial charge in [-0.25, -0.2) is 13.9 Å². The highest BCUT2D eigenvalue weighted by Gasteiger charge is 2.30. The molecule has 3 aromatic rings. The van der Waals surface area contributed by atoms with Gasteiger partial charge in [0.2, 0.25) is 0 Å². The van der Waals surface area contributed by atoms with E-state index in [9.17, 15) is 9.18 Å². The van der Waals surface area contributed by atoms with Gasteiger partial charge in [-0.2, -0.15) is 5.10 Å². The number of fused-ring (bicyclic) bond motifs is 1. The fourth-order valence-corrected chi connectivity index (χ4v) is 3.86. The molecular weight excluding hydrogens is 333 g/mol. The molecule has 0 spiro atoms. The first-order valence-corrected chi connectivity index (χ1v) is 8.78. The Kier molecular flexibility index (Phi) is 3.84. The molecule has 0 amide bonds. The summed E-state index contributed by atoms with van der Waals surface area (Å²) in [5, 5.41) is 8.33. The number of nitrogens with one attached hydrogen (secondary N) is 2. The molecule has 2 aromatic heterocycles. The lowest BCUT2D eigenvalue weighted by molar-refractivity contribution is 0.442. The minimum Gasteiger partial charge on any atom is -0.312 e. The van der Waals surface area contributed by atoms with Gasteiger partial charge in [0.15, 0.2) is 0 Å². The number of aromatic amines is 1. The molecule has 0 unspecified atom stereocenters. The van der Waals surface area contributed by atoms with Gasteiger partial charge in [-0.15, -0.1) is 0 Å². The molecule has 0 bridgehead atoms. The molecule has 0 saturated carbocycles. The Hall–Kier alpha value is -2.67. The number of benzene rings is 1. The van der Waals surface area contributed by atoms with E-state index < -0.39 is 0 Å². The van der Waals surface area contributed by atoms with Crippen molar-refractivity contribution in [1.82, 2.24) is 24.6 Å². The summed E-state index contributed by atoms with van der Waals surface area (Å²) in [6.45, 7) is 7.67. The van der Waals surface area contributed by atoms with Crippen LogP contribution in [0.25, 0.3) is 11.5 Å². The predicted octanol–water partition coefficient (Wildman–Crippen LogP) is 2.70. The van der Waals surface area contributed by atoms with Gasteiger partial charge in [0.1, 0.15) is 11.6 Å². The molecule has 2 atom stereocenters. The first kappa shape index (κ1) is 16.8. The largest absolute Gasteiger partial charge is 0.331 e. The summed E-state index contributed by atoms with van der Waals surface area (Å²) in [6.07, 6.45) is 4.08. The van der Waals surface area contributed by atoms with E-state index in [2.05, 4.69) is 24.1 Å². The molecule has 0 radical (unpaired) electrons. The van der Waals surface area contributed by atoms with Crippen LogP contribution in [0.1, 0.15) is 42.3 Å². The van der Waals surface area contributed by atoms with Gasteiger partial charge in [-0.3, -0.25) is 4.57 Å². The zero-order valence-corrected chi connectivity index (χ0v) is 15.3. The molecule has 1 aliphatic rings. The molecule has 3 heterocycles. The van der Waals surface area contributed by atoms with Gasteiger partial charge in [-0.05, 0) is 51.0 Å². The smallest absolute Gasteiger partial charge is 0.312 e. The van der Waals surface area contributed by atoms with Crippen LogP contribution in [0.15, 0.2) is 29.3 Å². The third kappa shape index (κ3) is 2.50. The van der Waals surface area contributed by atoms with Gasteiger partial charge in [0.25, 0.3) is 0 Å². The summed E-state index contributed by atoms with van der Waals surface area (Å²) < 4.78 is 17.4. The first-order chi connectivity index (χ1) is 12.4. The van der Waals surface area contributed by atoms with Crippen molar-refractivity contribution in [1.29, 1.82) is 0 Å². The van der Waals surface area contributed by atoms with Crippen LogP contribution in [0.4, 0.5) is 4.39 Å². The summed E-state index contributed by atoms with van der Waals surface area (Å²) in [5.74, 6) is 0.484. The fourth-order valence-electron chi connectivity index (χ4n) is 3.86. The number of imidazole rings is 1. The number of rotatable bonds is 2. The van der Waals surface area contributed by atoms with Crippen LogP contribution in [-0.4, -0.2) is 25.4 Å². The van der Waals surface area contributed by atoms with E-state index in [1.807, 2.05) is 0 Å². The van der Waals surface area contributed by atoms with Gasteiger partial charge in [-0.1, -0.05) is 0 Å². The van der Waals surface area contributed by atoms with Crippen LogP contribution in [0.3, 0.4) is 0 Å². The molecule has 1 aliphatic heterocycles. The Morgan fingerprint density at radius 2 is 1.92 bits per heavy atom. The topological polar surface area (TPSA) is 67.6 Å². The summed E-state index contributed by atoms with van der Waals surface area (Å²) in [5.41, 5.74) is 3.60. The van der Waals surface area contributed by atoms with Crippen LogP contribution < -0.4 is 11.0 Å². The minimum atomic E-state index is -0.227. The molecule has 2 N–H and O–H groups in total. The lowest BCUT2D eigenvalue weighted by Crippen LogP contribution is -2.36. The second-order valence-corrected chi connectivity index (χ2v) is 7.12. The normalized spacial score (nSPS) is 19.6. The zero-order chi connectivity index (χ0) is 18.6. The monoisotopic (exact) mass is 355 g/mol. The fraction of sp³-hybridized carbons (Fsp3) is 0.368. The van der Waals surface area contributed by atoms with Gasteiger partial charge in [0, 0.05) is 36.5 Å². The second-order valence-electron chi connectivity index (χ2n) is 7.12. The van der Waals surface area contributed by atoms with E-state index in [0.717, 1.165) is 23.4 Å². The van der Waals surface area contributed by atoms with Crippen LogP contribution >= 0.6 is 0 Å². The molecular formula is C19H22FN5O. The van der Waals surface area contributed by atoms with E-state index in [1.165, 1.54) is 0 Å². The van der Waals surface area contributed by atoms with Crippen molar-refractivity contribution in [3.05, 3.63) is 63.2 Å². The van der Waals surface area contributed by atoms with Crippen molar-refractivity contribution < 1.29 is 4.39 Å². The van der Waals surface area contributed by atoms with Crippen molar-refractivity contribution in [2.24, 2.45) is 0 Å². The first-order valence-electron chi connectivity index (χ1n) is 8.78. The standard InChI is InChI=1S/C19H22FN5O/c1-10-7-14(8-11(2)17(10)20)25-18(24-6-5-21-19(24)26)16-13(4)22-12(3)9-15(16)23-25/h5-8,12-13,22H,9H2,1-4H3,(H,21,26)/t12-,13+/m1/s1. The number of aryl methyl sites for hydroxylation is 2. The summed E-state index contributed by atoms with van der Waals surface area (Å²) in [6, 6.07) is 3.89. The number of halogens is 1. The Labute approximate surface area is 150 Å². The van der Waals surface area contributed by atoms with E-state index >= 15 is 0 Å². The predicted molar refractivity (Wildman–Crippen MR) is 97.7 cm³/mol. The molecule has 6 nitrogen and oxygen atoms in total. The van der Waals surface area contributed by atoms with Crippen LogP contribution in [-0.2, 0) is 6.42 Å². The molecule has 4 rings (SSSR count). The van der Waals surface area contributed by atoms with Crippen molar-refractivity contribution in [3.8, 4) is 11.5 Å². The Bertz CT molecular complexity index is 1020. The van der Waals surface area contributed by atoms with E-state index in [-0.39, 0.29) is 17.5 Å². The molecule has 1 aromatic carbocycles. The molecule has 136 valence electrons. The summed E-state index contributed by atoms with van der Waals surface area (Å²) in [7, 11) is 0. The summed E-state index contributed by atoms with van der Waals surface area (Å²) >= 11 is 0. The number of nitrogens with zero attached hydrogens (tertiary/aromatic N) is 3. The Balaban J connectivity index is 2.03. The SMILES string of the molecule is Cc1cc(-n2nc3c(c2-n2cc[nH]c2=O)[C@H](C)N[C@H](C)C3)cc(C)c1F. The molecule has 0 fully saturated rings. The quantitative estimate of drug-likeness (QED) is 0.743. The maximum atomic E-state index is 14.1. The Morgan fingerprint density at radius 3 is 2.54 bits per heavy atom. The molecule has 0 aliphatic carbocycles. The van der Waals surface area contributed by atoms with Gasteiger partial charge >= 0.3 is 5.69 Å². The second kappa shape index (κ2) is 5.95. The van der Waals surface area contributed by atoms with E-state index in [0.29, 0.717) is 23.0 Å². The van der Waals surface area contributed by atoms with Gasteiger partial charge < -0.3 is 10.3 Å². The minimum absolute atomic E-state index is 0.0574. The number of aromatic nitrogens is 4. The van der Waals surface area contributed by atoms with Crippen LogP contribution in [0, 0.1) is 19.7 Å². The van der Waals surface area contributed by atoms with Crippen LogP contribution in [0.2, 0.25) is 0 Å². The molecule has 0 saturated heterocycles. The average Bonchev–Trinajstić information content (AvgIpc) is 3.15. The van der Waals surface area contributed by atoms with Crippen molar-refractivity contribution in [2.75, 3.05) is 0 Å². The highest BCUT2D eigenvalue weighted by atomic mass is 19.1. The molecule has 7 heteroatoms. The molecule has 26 heavy (non-hydrogen) atoms. The maximum Gasteiger partial charge on any atom is 0.331 e. The van der Waals surface area contributed by atoms with Crippen LogP contribution in [0.5, 0.6) is 0 Å². The third-order valence-electron chi connectivity index (χ3n) is 4.98. The highest BCUT2D eigenvalue weighted by molar-refractivity contribution is 5.50. The van der Waals surface area contributed by atoms with Crippen molar-refractivity contribution in [3.63, 3.8) is 0 Å². The highest BCUT2D eigenvalue weighted by Crippen LogP contribution is 2.32. The number of hydrogen-bond acceptors (Lipinski definition) is 3.